The fourth-order valence-electron chi connectivity index (χ4n) is 1.83. The van der Waals surface area contributed by atoms with E-state index < -0.39 is 11.9 Å². The molecule has 0 atom stereocenters. The van der Waals surface area contributed by atoms with Crippen LogP contribution in [-0.2, 0) is 20.7 Å². The van der Waals surface area contributed by atoms with Gasteiger partial charge in [-0.15, -0.1) is 0 Å². The molecule has 4 nitrogen and oxygen atoms in total. The number of nitrogens with one attached hydrogen (secondary N) is 1. The molecule has 0 bridgehead atoms. The number of amides is 1. The van der Waals surface area contributed by atoms with Gasteiger partial charge in [-0.2, -0.15) is 0 Å². The summed E-state index contributed by atoms with van der Waals surface area (Å²) in [5.41, 5.74) is 2.29. The normalized spacial score (nSPS) is 10.2. The van der Waals surface area contributed by atoms with Crippen molar-refractivity contribution in [2.24, 2.45) is 0 Å². The van der Waals surface area contributed by atoms with Crippen molar-refractivity contribution in [3.8, 4) is 0 Å². The lowest BCUT2D eigenvalue weighted by Crippen LogP contribution is -2.21. The maximum absolute atomic E-state index is 12.8. The molecule has 23 heavy (non-hydrogen) atoms. The van der Waals surface area contributed by atoms with Crippen LogP contribution >= 0.6 is 15.9 Å². The summed E-state index contributed by atoms with van der Waals surface area (Å²) < 4.78 is 18.6. The summed E-state index contributed by atoms with van der Waals surface area (Å²) in [5, 5.41) is 2.64. The highest BCUT2D eigenvalue weighted by Crippen LogP contribution is 2.20. The lowest BCUT2D eigenvalue weighted by atomic mass is 10.1. The van der Waals surface area contributed by atoms with E-state index in [0.29, 0.717) is 11.3 Å². The molecular weight excluding hydrogens is 365 g/mol. The minimum Gasteiger partial charge on any atom is -0.455 e. The largest absolute Gasteiger partial charge is 0.455 e. The Morgan fingerprint density at radius 2 is 1.87 bits per heavy atom. The fourth-order valence-corrected chi connectivity index (χ4v) is 2.21. The molecule has 0 heterocycles. The molecule has 2 aromatic carbocycles. The minimum atomic E-state index is -0.545. The molecule has 1 N–H and O–H groups in total. The molecule has 120 valence electrons. The quantitative estimate of drug-likeness (QED) is 0.807. The van der Waals surface area contributed by atoms with E-state index in [9.17, 15) is 14.0 Å². The van der Waals surface area contributed by atoms with Gasteiger partial charge >= 0.3 is 5.97 Å². The summed E-state index contributed by atoms with van der Waals surface area (Å²) in [4.78, 5) is 23.4. The second kappa shape index (κ2) is 7.87. The van der Waals surface area contributed by atoms with E-state index in [1.54, 1.807) is 12.1 Å². The van der Waals surface area contributed by atoms with Crippen molar-refractivity contribution >= 4 is 33.5 Å². The van der Waals surface area contributed by atoms with Crippen LogP contribution in [0.15, 0.2) is 46.9 Å². The van der Waals surface area contributed by atoms with Gasteiger partial charge in [-0.3, -0.25) is 9.59 Å². The summed E-state index contributed by atoms with van der Waals surface area (Å²) in [6.45, 7) is 1.57. The third kappa shape index (κ3) is 5.49. The highest BCUT2D eigenvalue weighted by atomic mass is 79.9. The van der Waals surface area contributed by atoms with Crippen LogP contribution in [0.5, 0.6) is 0 Å². The zero-order valence-electron chi connectivity index (χ0n) is 12.4. The molecule has 1 amide bonds. The standard InChI is InChI=1S/C17H15BrFNO3/c1-11-2-7-14(9-15(11)18)20-16(21)10-23-17(22)8-12-3-5-13(19)6-4-12/h2-7,9H,8,10H2,1H3,(H,20,21). The summed E-state index contributed by atoms with van der Waals surface area (Å²) in [6.07, 6.45) is -0.0103. The average Bonchev–Trinajstić information content (AvgIpc) is 2.51. The Morgan fingerprint density at radius 1 is 1.17 bits per heavy atom. The van der Waals surface area contributed by atoms with Crippen LogP contribution in [0.25, 0.3) is 0 Å². The first-order valence-corrected chi connectivity index (χ1v) is 7.69. The van der Waals surface area contributed by atoms with Gasteiger partial charge in [0.05, 0.1) is 6.42 Å². The Labute approximate surface area is 141 Å². The Balaban J connectivity index is 1.80. The zero-order valence-corrected chi connectivity index (χ0v) is 14.0. The monoisotopic (exact) mass is 379 g/mol. The van der Waals surface area contributed by atoms with Crippen molar-refractivity contribution in [1.82, 2.24) is 0 Å². The second-order valence-corrected chi connectivity index (χ2v) is 5.83. The molecule has 0 aliphatic rings. The van der Waals surface area contributed by atoms with Crippen LogP contribution in [0.2, 0.25) is 0 Å². The van der Waals surface area contributed by atoms with E-state index in [-0.39, 0.29) is 18.8 Å². The van der Waals surface area contributed by atoms with E-state index in [1.807, 2.05) is 13.0 Å². The molecule has 2 aromatic rings. The lowest BCUT2D eigenvalue weighted by molar-refractivity contribution is -0.146. The van der Waals surface area contributed by atoms with Gasteiger partial charge in [0.2, 0.25) is 0 Å². The molecule has 0 radical (unpaired) electrons. The van der Waals surface area contributed by atoms with E-state index >= 15 is 0 Å². The number of hydrogen-bond acceptors (Lipinski definition) is 3. The number of carbonyl (C=O) groups excluding carboxylic acids is 2. The summed E-state index contributed by atoms with van der Waals surface area (Å²) in [7, 11) is 0. The molecule has 2 rings (SSSR count). The predicted octanol–water partition coefficient (Wildman–Crippen LogP) is 3.62. The summed E-state index contributed by atoms with van der Waals surface area (Å²) in [6, 6.07) is 10.9. The number of halogens is 2. The van der Waals surface area contributed by atoms with Crippen molar-refractivity contribution in [1.29, 1.82) is 0 Å². The molecule has 0 aromatic heterocycles. The van der Waals surface area contributed by atoms with Gasteiger partial charge in [0.1, 0.15) is 5.82 Å². The number of aryl methyl sites for hydroxylation is 1. The Bertz CT molecular complexity index is 716. The summed E-state index contributed by atoms with van der Waals surface area (Å²) in [5.74, 6) is -1.34. The van der Waals surface area contributed by atoms with E-state index in [0.717, 1.165) is 10.0 Å². The molecule has 0 spiro atoms. The zero-order chi connectivity index (χ0) is 16.8. The Morgan fingerprint density at radius 3 is 2.52 bits per heavy atom. The first-order valence-electron chi connectivity index (χ1n) is 6.90. The first kappa shape index (κ1) is 17.1. The van der Waals surface area contributed by atoms with Crippen molar-refractivity contribution in [2.75, 3.05) is 11.9 Å². The maximum atomic E-state index is 12.8. The van der Waals surface area contributed by atoms with Crippen LogP contribution in [0, 0.1) is 12.7 Å². The van der Waals surface area contributed by atoms with Crippen LogP contribution in [0.3, 0.4) is 0 Å². The third-order valence-electron chi connectivity index (χ3n) is 3.08. The smallest absolute Gasteiger partial charge is 0.310 e. The van der Waals surface area contributed by atoms with Crippen LogP contribution in [0.1, 0.15) is 11.1 Å². The number of rotatable bonds is 5. The van der Waals surface area contributed by atoms with Gasteiger partial charge in [0.15, 0.2) is 6.61 Å². The van der Waals surface area contributed by atoms with Crippen LogP contribution < -0.4 is 5.32 Å². The number of anilines is 1. The molecule has 6 heteroatoms. The van der Waals surface area contributed by atoms with Gasteiger partial charge in [-0.25, -0.2) is 4.39 Å². The number of carbonyl (C=O) groups is 2. The molecule has 0 saturated heterocycles. The van der Waals surface area contributed by atoms with E-state index in [1.165, 1.54) is 24.3 Å². The van der Waals surface area contributed by atoms with Crippen LogP contribution in [-0.4, -0.2) is 18.5 Å². The van der Waals surface area contributed by atoms with Crippen LogP contribution in [0.4, 0.5) is 10.1 Å². The molecule has 0 unspecified atom stereocenters. The minimum absolute atomic E-state index is 0.0103. The molecule has 0 aliphatic heterocycles. The number of esters is 1. The highest BCUT2D eigenvalue weighted by molar-refractivity contribution is 9.10. The lowest BCUT2D eigenvalue weighted by Gasteiger charge is -2.08. The summed E-state index contributed by atoms with van der Waals surface area (Å²) >= 11 is 3.38. The second-order valence-electron chi connectivity index (χ2n) is 4.98. The maximum Gasteiger partial charge on any atom is 0.310 e. The van der Waals surface area contributed by atoms with Gasteiger partial charge in [0, 0.05) is 10.2 Å². The Kier molecular flexibility index (Phi) is 5.87. The van der Waals surface area contributed by atoms with Gasteiger partial charge in [0.25, 0.3) is 5.91 Å². The van der Waals surface area contributed by atoms with Gasteiger partial charge < -0.3 is 10.1 Å². The predicted molar refractivity (Wildman–Crippen MR) is 88.6 cm³/mol. The molecular formula is C17H15BrFNO3. The molecule has 0 saturated carbocycles. The molecule has 0 fully saturated rings. The SMILES string of the molecule is Cc1ccc(NC(=O)COC(=O)Cc2ccc(F)cc2)cc1Br. The topological polar surface area (TPSA) is 55.4 Å². The number of benzene rings is 2. The fraction of sp³-hybridized carbons (Fsp3) is 0.176. The van der Waals surface area contributed by atoms with E-state index in [4.69, 9.17) is 4.74 Å². The molecule has 0 aliphatic carbocycles. The van der Waals surface area contributed by atoms with Gasteiger partial charge in [-0.05, 0) is 42.3 Å². The Hall–Kier alpha value is -2.21. The van der Waals surface area contributed by atoms with Crippen molar-refractivity contribution in [3.63, 3.8) is 0 Å². The third-order valence-corrected chi connectivity index (χ3v) is 3.94. The van der Waals surface area contributed by atoms with Crippen molar-refractivity contribution in [2.45, 2.75) is 13.3 Å². The van der Waals surface area contributed by atoms with Gasteiger partial charge in [-0.1, -0.05) is 34.1 Å². The van der Waals surface area contributed by atoms with Crippen molar-refractivity contribution in [3.05, 3.63) is 63.9 Å². The highest BCUT2D eigenvalue weighted by Gasteiger charge is 2.09. The number of hydrogen-bond donors (Lipinski definition) is 1. The van der Waals surface area contributed by atoms with E-state index in [2.05, 4.69) is 21.2 Å². The number of ether oxygens (including phenoxy) is 1. The first-order chi connectivity index (χ1) is 10.9. The average molecular weight is 380 g/mol. The van der Waals surface area contributed by atoms with Crippen molar-refractivity contribution < 1.29 is 18.7 Å².